The summed E-state index contributed by atoms with van der Waals surface area (Å²) in [6.45, 7) is -0.381. The average molecular weight is 220 g/mol. The minimum atomic E-state index is -0.512. The molecule has 0 N–H and O–H groups in total. The summed E-state index contributed by atoms with van der Waals surface area (Å²) < 4.78 is 13.8. The zero-order valence-electron chi connectivity index (χ0n) is 5.76. The van der Waals surface area contributed by atoms with Gasteiger partial charge in [0.15, 0.2) is 0 Å². The molecule has 0 radical (unpaired) electrons. The van der Waals surface area contributed by atoms with Gasteiger partial charge in [-0.3, -0.25) is 4.79 Å². The maximum atomic E-state index is 11.8. The Bertz CT molecular complexity index is 297. The summed E-state index contributed by atoms with van der Waals surface area (Å²) in [6.07, 6.45) is 1.56. The summed E-state index contributed by atoms with van der Waals surface area (Å²) in [4.78, 5) is 11.0. The summed E-state index contributed by atoms with van der Waals surface area (Å²) in [6, 6.07) is 3.12. The summed E-state index contributed by atoms with van der Waals surface area (Å²) in [5.41, 5.74) is -0.183. The normalized spacial score (nSPS) is 10.0. The van der Waals surface area contributed by atoms with Crippen molar-refractivity contribution in [3.05, 3.63) is 33.2 Å². The lowest BCUT2D eigenvalue weighted by Crippen LogP contribution is -2.18. The lowest BCUT2D eigenvalue weighted by Gasteiger charge is -2.00. The van der Waals surface area contributed by atoms with Gasteiger partial charge in [0.1, 0.15) is 6.67 Å². The van der Waals surface area contributed by atoms with E-state index in [0.29, 0.717) is 0 Å². The fourth-order valence-electron chi connectivity index (χ4n) is 0.759. The van der Waals surface area contributed by atoms with Gasteiger partial charge in [0.2, 0.25) is 0 Å². The van der Waals surface area contributed by atoms with Gasteiger partial charge in [-0.25, -0.2) is 4.39 Å². The third-order valence-corrected chi connectivity index (χ3v) is 1.78. The fourth-order valence-corrected chi connectivity index (χ4v) is 1.07. The minimum Gasteiger partial charge on any atom is -0.313 e. The molecule has 0 saturated heterocycles. The van der Waals surface area contributed by atoms with Crippen LogP contribution in [0.25, 0.3) is 0 Å². The van der Waals surface area contributed by atoms with Gasteiger partial charge in [-0.15, -0.1) is 0 Å². The second-order valence-electron chi connectivity index (χ2n) is 2.07. The number of nitrogens with zero attached hydrogens (tertiary/aromatic N) is 1. The second-order valence-corrected chi connectivity index (χ2v) is 2.98. The van der Waals surface area contributed by atoms with Gasteiger partial charge in [-0.2, -0.15) is 0 Å². The van der Waals surface area contributed by atoms with Gasteiger partial charge in [0, 0.05) is 16.7 Å². The number of rotatable bonds is 2. The van der Waals surface area contributed by atoms with Crippen molar-refractivity contribution in [1.82, 2.24) is 4.57 Å². The lowest BCUT2D eigenvalue weighted by molar-refractivity contribution is 0.440. The molecule has 0 saturated carbocycles. The van der Waals surface area contributed by atoms with Gasteiger partial charge in [0.05, 0.1) is 6.54 Å². The van der Waals surface area contributed by atoms with Crippen molar-refractivity contribution >= 4 is 15.9 Å². The van der Waals surface area contributed by atoms with Crippen LogP contribution in [-0.4, -0.2) is 11.2 Å². The van der Waals surface area contributed by atoms with E-state index in [4.69, 9.17) is 0 Å². The Balaban J connectivity index is 3.00. The molecule has 0 bridgehead atoms. The van der Waals surface area contributed by atoms with Crippen molar-refractivity contribution in [2.75, 3.05) is 6.67 Å². The fraction of sp³-hybridized carbons (Fsp3) is 0.286. The van der Waals surface area contributed by atoms with E-state index < -0.39 is 6.67 Å². The highest BCUT2D eigenvalue weighted by Gasteiger charge is 1.94. The van der Waals surface area contributed by atoms with E-state index in [1.54, 1.807) is 12.3 Å². The number of hydrogen-bond acceptors (Lipinski definition) is 1. The molecule has 1 heterocycles. The molecular weight excluding hydrogens is 213 g/mol. The van der Waals surface area contributed by atoms with Crippen LogP contribution >= 0.6 is 15.9 Å². The first-order valence-electron chi connectivity index (χ1n) is 3.16. The zero-order chi connectivity index (χ0) is 8.27. The SMILES string of the molecule is O=c1cc(Br)ccn1CCF. The molecule has 60 valence electrons. The molecular formula is C7H7BrFNO. The highest BCUT2D eigenvalue weighted by molar-refractivity contribution is 9.10. The Kier molecular flexibility index (Phi) is 2.82. The van der Waals surface area contributed by atoms with Crippen LogP contribution in [0.3, 0.4) is 0 Å². The van der Waals surface area contributed by atoms with Crippen molar-refractivity contribution in [3.63, 3.8) is 0 Å². The smallest absolute Gasteiger partial charge is 0.251 e. The van der Waals surface area contributed by atoms with E-state index in [0.717, 1.165) is 4.47 Å². The molecule has 0 aliphatic heterocycles. The van der Waals surface area contributed by atoms with E-state index >= 15 is 0 Å². The topological polar surface area (TPSA) is 22.0 Å². The van der Waals surface area contributed by atoms with Crippen molar-refractivity contribution in [1.29, 1.82) is 0 Å². The monoisotopic (exact) mass is 219 g/mol. The Morgan fingerprint density at radius 3 is 2.91 bits per heavy atom. The lowest BCUT2D eigenvalue weighted by atomic mass is 10.5. The average Bonchev–Trinajstić information content (AvgIpc) is 1.95. The van der Waals surface area contributed by atoms with Crippen LogP contribution in [0.15, 0.2) is 27.6 Å². The second kappa shape index (κ2) is 3.67. The molecule has 4 heteroatoms. The Labute approximate surface area is 71.8 Å². The Morgan fingerprint density at radius 2 is 2.36 bits per heavy atom. The Hall–Kier alpha value is -0.640. The van der Waals surface area contributed by atoms with Gasteiger partial charge in [-0.1, -0.05) is 15.9 Å². The van der Waals surface area contributed by atoms with E-state index in [-0.39, 0.29) is 12.1 Å². The predicted octanol–water partition coefficient (Wildman–Crippen LogP) is 1.58. The molecule has 0 aliphatic carbocycles. The summed E-state index contributed by atoms with van der Waals surface area (Å²) in [5, 5.41) is 0. The third-order valence-electron chi connectivity index (χ3n) is 1.28. The standard InChI is InChI=1S/C7H7BrFNO/c8-6-1-3-10(4-2-9)7(11)5-6/h1,3,5H,2,4H2. The molecule has 0 aliphatic rings. The molecule has 1 aromatic heterocycles. The molecule has 0 fully saturated rings. The van der Waals surface area contributed by atoms with Crippen LogP contribution < -0.4 is 5.56 Å². The van der Waals surface area contributed by atoms with E-state index in [1.807, 2.05) is 0 Å². The highest BCUT2D eigenvalue weighted by Crippen LogP contribution is 2.03. The molecule has 11 heavy (non-hydrogen) atoms. The molecule has 0 amide bonds. The van der Waals surface area contributed by atoms with Crippen molar-refractivity contribution in [2.45, 2.75) is 6.54 Å². The Morgan fingerprint density at radius 1 is 1.64 bits per heavy atom. The van der Waals surface area contributed by atoms with E-state index in [2.05, 4.69) is 15.9 Å². The number of aromatic nitrogens is 1. The van der Waals surface area contributed by atoms with Crippen LogP contribution in [0, 0.1) is 0 Å². The van der Waals surface area contributed by atoms with E-state index in [1.165, 1.54) is 10.6 Å². The molecule has 0 unspecified atom stereocenters. The van der Waals surface area contributed by atoms with Gasteiger partial charge >= 0.3 is 0 Å². The third kappa shape index (κ3) is 2.15. The zero-order valence-corrected chi connectivity index (χ0v) is 7.34. The maximum absolute atomic E-state index is 11.8. The first-order chi connectivity index (χ1) is 5.24. The van der Waals surface area contributed by atoms with Gasteiger partial charge < -0.3 is 4.57 Å². The summed E-state index contributed by atoms with van der Waals surface area (Å²) >= 11 is 3.14. The molecule has 1 rings (SSSR count). The van der Waals surface area contributed by atoms with Crippen molar-refractivity contribution in [3.8, 4) is 0 Å². The molecule has 2 nitrogen and oxygen atoms in total. The van der Waals surface area contributed by atoms with Crippen LogP contribution in [0.4, 0.5) is 4.39 Å². The summed E-state index contributed by atoms with van der Waals surface area (Å²) in [7, 11) is 0. The van der Waals surface area contributed by atoms with Gasteiger partial charge in [0.25, 0.3) is 5.56 Å². The van der Waals surface area contributed by atoms with Crippen LogP contribution in [0.1, 0.15) is 0 Å². The molecule has 1 aromatic rings. The molecule has 0 atom stereocenters. The number of halogens is 2. The van der Waals surface area contributed by atoms with Crippen molar-refractivity contribution in [2.24, 2.45) is 0 Å². The predicted molar refractivity (Wildman–Crippen MR) is 44.4 cm³/mol. The van der Waals surface area contributed by atoms with Crippen LogP contribution in [-0.2, 0) is 6.54 Å². The largest absolute Gasteiger partial charge is 0.313 e. The van der Waals surface area contributed by atoms with E-state index in [9.17, 15) is 9.18 Å². The number of alkyl halides is 1. The van der Waals surface area contributed by atoms with Crippen LogP contribution in [0.5, 0.6) is 0 Å². The quantitative estimate of drug-likeness (QED) is 0.741. The molecule has 0 spiro atoms. The first-order valence-corrected chi connectivity index (χ1v) is 3.95. The number of aryl methyl sites for hydroxylation is 1. The van der Waals surface area contributed by atoms with Crippen molar-refractivity contribution < 1.29 is 4.39 Å². The van der Waals surface area contributed by atoms with Crippen LogP contribution in [0.2, 0.25) is 0 Å². The minimum absolute atomic E-state index is 0.131. The summed E-state index contributed by atoms with van der Waals surface area (Å²) in [5.74, 6) is 0. The van der Waals surface area contributed by atoms with Gasteiger partial charge in [-0.05, 0) is 6.07 Å². The number of hydrogen-bond donors (Lipinski definition) is 0. The first kappa shape index (κ1) is 8.46. The maximum Gasteiger partial charge on any atom is 0.251 e. The number of pyridine rings is 1. The highest BCUT2D eigenvalue weighted by atomic mass is 79.9. The molecule has 0 aromatic carbocycles.